The van der Waals surface area contributed by atoms with Gasteiger partial charge in [-0.3, -0.25) is 14.5 Å². The standard InChI is InChI=1S/C17H17NO3/c1-10(19)17(2,3)18-15(20)12-8-4-6-11-7-5-9-13(14(11)12)16(18)21/h4-10,19H,1-3H3. The van der Waals surface area contributed by atoms with Gasteiger partial charge < -0.3 is 5.11 Å². The van der Waals surface area contributed by atoms with E-state index in [1.807, 2.05) is 24.3 Å². The number of amides is 2. The molecule has 0 aromatic heterocycles. The number of rotatable bonds is 2. The number of nitrogens with zero attached hydrogens (tertiary/aromatic N) is 1. The largest absolute Gasteiger partial charge is 0.391 e. The summed E-state index contributed by atoms with van der Waals surface area (Å²) in [7, 11) is 0. The smallest absolute Gasteiger partial charge is 0.261 e. The molecule has 1 aliphatic rings. The molecule has 0 saturated heterocycles. The molecular weight excluding hydrogens is 266 g/mol. The van der Waals surface area contributed by atoms with Crippen LogP contribution >= 0.6 is 0 Å². The zero-order chi connectivity index (χ0) is 15.4. The van der Waals surface area contributed by atoms with Crippen LogP contribution < -0.4 is 0 Å². The summed E-state index contributed by atoms with van der Waals surface area (Å²) in [4.78, 5) is 26.7. The Kier molecular flexibility index (Phi) is 2.88. The van der Waals surface area contributed by atoms with Crippen LogP contribution in [0.4, 0.5) is 0 Å². The molecule has 1 N–H and O–H groups in total. The topological polar surface area (TPSA) is 57.6 Å². The third-order valence-corrected chi connectivity index (χ3v) is 4.37. The number of hydrogen-bond donors (Lipinski definition) is 1. The van der Waals surface area contributed by atoms with Crippen LogP contribution in [0, 0.1) is 0 Å². The molecule has 2 aromatic carbocycles. The Morgan fingerprint density at radius 1 is 1.00 bits per heavy atom. The Balaban J connectivity index is 2.30. The van der Waals surface area contributed by atoms with E-state index >= 15 is 0 Å². The van der Waals surface area contributed by atoms with Crippen molar-refractivity contribution in [3.63, 3.8) is 0 Å². The molecule has 1 aliphatic heterocycles. The van der Waals surface area contributed by atoms with Crippen LogP contribution in [0.5, 0.6) is 0 Å². The Hall–Kier alpha value is -2.20. The Morgan fingerprint density at radius 2 is 1.48 bits per heavy atom. The predicted molar refractivity (Wildman–Crippen MR) is 80.2 cm³/mol. The second kappa shape index (κ2) is 4.40. The van der Waals surface area contributed by atoms with Crippen molar-refractivity contribution in [1.82, 2.24) is 4.90 Å². The Bertz CT molecular complexity index is 711. The molecule has 2 amide bonds. The van der Waals surface area contributed by atoms with Gasteiger partial charge in [-0.15, -0.1) is 0 Å². The lowest BCUT2D eigenvalue weighted by molar-refractivity contribution is 0.00657. The van der Waals surface area contributed by atoms with Gasteiger partial charge in [0.1, 0.15) is 0 Å². The summed E-state index contributed by atoms with van der Waals surface area (Å²) < 4.78 is 0. The van der Waals surface area contributed by atoms with Gasteiger partial charge in [-0.2, -0.15) is 0 Å². The fraction of sp³-hybridized carbons (Fsp3) is 0.294. The summed E-state index contributed by atoms with van der Waals surface area (Å²) in [6.45, 7) is 4.98. The van der Waals surface area contributed by atoms with E-state index in [0.717, 1.165) is 5.39 Å². The van der Waals surface area contributed by atoms with Crippen molar-refractivity contribution in [2.24, 2.45) is 0 Å². The molecule has 0 fully saturated rings. The number of benzene rings is 2. The first-order valence-corrected chi connectivity index (χ1v) is 6.94. The lowest BCUT2D eigenvalue weighted by atomic mass is 9.88. The molecule has 4 heteroatoms. The molecular formula is C17H17NO3. The van der Waals surface area contributed by atoms with Gasteiger partial charge in [0.15, 0.2) is 0 Å². The molecule has 0 bridgehead atoms. The highest BCUT2D eigenvalue weighted by atomic mass is 16.3. The van der Waals surface area contributed by atoms with Gasteiger partial charge >= 0.3 is 0 Å². The van der Waals surface area contributed by atoms with E-state index in [4.69, 9.17) is 0 Å². The maximum absolute atomic E-state index is 12.8. The molecule has 1 atom stereocenters. The van der Waals surface area contributed by atoms with Gasteiger partial charge in [0, 0.05) is 16.5 Å². The predicted octanol–water partition coefficient (Wildman–Crippen LogP) is 2.60. The van der Waals surface area contributed by atoms with E-state index in [1.54, 1.807) is 32.9 Å². The van der Waals surface area contributed by atoms with Gasteiger partial charge in [0.25, 0.3) is 11.8 Å². The van der Waals surface area contributed by atoms with Gasteiger partial charge in [0.2, 0.25) is 0 Å². The third-order valence-electron chi connectivity index (χ3n) is 4.37. The van der Waals surface area contributed by atoms with E-state index in [2.05, 4.69) is 0 Å². The van der Waals surface area contributed by atoms with Crippen molar-refractivity contribution in [3.8, 4) is 0 Å². The third kappa shape index (κ3) is 1.79. The first-order chi connectivity index (χ1) is 9.85. The summed E-state index contributed by atoms with van der Waals surface area (Å²) in [6, 6.07) is 10.8. The second-order valence-corrected chi connectivity index (χ2v) is 5.98. The van der Waals surface area contributed by atoms with Crippen molar-refractivity contribution in [2.75, 3.05) is 0 Å². The average molecular weight is 283 g/mol. The average Bonchev–Trinajstić information content (AvgIpc) is 2.44. The van der Waals surface area contributed by atoms with Crippen molar-refractivity contribution in [1.29, 1.82) is 0 Å². The fourth-order valence-corrected chi connectivity index (χ4v) is 2.74. The Morgan fingerprint density at radius 3 is 1.90 bits per heavy atom. The van der Waals surface area contributed by atoms with E-state index < -0.39 is 11.6 Å². The lowest BCUT2D eigenvalue weighted by Crippen LogP contribution is -2.58. The monoisotopic (exact) mass is 283 g/mol. The SMILES string of the molecule is CC(O)C(C)(C)N1C(=O)c2cccc3cccc(c23)C1=O. The minimum atomic E-state index is -0.968. The first-order valence-electron chi connectivity index (χ1n) is 6.94. The molecule has 1 unspecified atom stereocenters. The van der Waals surface area contributed by atoms with Gasteiger partial charge in [-0.05, 0) is 38.3 Å². The van der Waals surface area contributed by atoms with Crippen molar-refractivity contribution in [3.05, 3.63) is 47.5 Å². The molecule has 2 aromatic rings. The molecule has 4 nitrogen and oxygen atoms in total. The minimum Gasteiger partial charge on any atom is -0.391 e. The summed E-state index contributed by atoms with van der Waals surface area (Å²) in [5.74, 6) is -0.703. The highest BCUT2D eigenvalue weighted by molar-refractivity contribution is 6.25. The molecule has 3 rings (SSSR count). The summed E-state index contributed by atoms with van der Waals surface area (Å²) in [6.07, 6.45) is -0.824. The zero-order valence-corrected chi connectivity index (χ0v) is 12.3. The number of aliphatic hydroxyl groups is 1. The molecule has 21 heavy (non-hydrogen) atoms. The van der Waals surface area contributed by atoms with E-state index in [0.29, 0.717) is 16.5 Å². The zero-order valence-electron chi connectivity index (χ0n) is 12.3. The normalized spacial score (nSPS) is 16.5. The van der Waals surface area contributed by atoms with Crippen LogP contribution in [0.2, 0.25) is 0 Å². The number of aliphatic hydroxyl groups excluding tert-OH is 1. The van der Waals surface area contributed by atoms with Crippen molar-refractivity contribution < 1.29 is 14.7 Å². The lowest BCUT2D eigenvalue weighted by Gasteiger charge is -2.41. The maximum atomic E-state index is 12.8. The number of hydrogen-bond acceptors (Lipinski definition) is 3. The van der Waals surface area contributed by atoms with Crippen molar-refractivity contribution in [2.45, 2.75) is 32.4 Å². The van der Waals surface area contributed by atoms with E-state index in [9.17, 15) is 14.7 Å². The number of imide groups is 1. The van der Waals surface area contributed by atoms with Crippen LogP contribution in [0.3, 0.4) is 0 Å². The molecule has 1 heterocycles. The molecule has 108 valence electrons. The quantitative estimate of drug-likeness (QED) is 0.862. The maximum Gasteiger partial charge on any atom is 0.261 e. The molecule has 0 radical (unpaired) electrons. The summed E-state index contributed by atoms with van der Waals surface area (Å²) >= 11 is 0. The van der Waals surface area contributed by atoms with Crippen LogP contribution in [-0.2, 0) is 0 Å². The second-order valence-electron chi connectivity index (χ2n) is 5.98. The number of carbonyl (C=O) groups is 2. The molecule has 0 saturated carbocycles. The highest BCUT2D eigenvalue weighted by Gasteiger charge is 2.43. The van der Waals surface area contributed by atoms with Crippen LogP contribution in [0.25, 0.3) is 10.8 Å². The first kappa shape index (κ1) is 13.8. The fourth-order valence-electron chi connectivity index (χ4n) is 2.74. The highest BCUT2D eigenvalue weighted by Crippen LogP contribution is 2.34. The van der Waals surface area contributed by atoms with E-state index in [1.165, 1.54) is 4.90 Å². The van der Waals surface area contributed by atoms with Crippen LogP contribution in [0.15, 0.2) is 36.4 Å². The van der Waals surface area contributed by atoms with E-state index in [-0.39, 0.29) is 11.8 Å². The Labute approximate surface area is 123 Å². The summed E-state index contributed by atoms with van der Waals surface area (Å²) in [5, 5.41) is 11.5. The van der Waals surface area contributed by atoms with Crippen molar-refractivity contribution >= 4 is 22.6 Å². The van der Waals surface area contributed by atoms with Crippen LogP contribution in [-0.4, -0.2) is 33.5 Å². The van der Waals surface area contributed by atoms with Crippen LogP contribution in [0.1, 0.15) is 41.5 Å². The number of carbonyl (C=O) groups excluding carboxylic acids is 2. The van der Waals surface area contributed by atoms with Gasteiger partial charge in [0.05, 0.1) is 11.6 Å². The molecule has 0 spiro atoms. The minimum absolute atomic E-state index is 0.352. The van der Waals surface area contributed by atoms with Gasteiger partial charge in [-0.1, -0.05) is 24.3 Å². The molecule has 0 aliphatic carbocycles. The summed E-state index contributed by atoms with van der Waals surface area (Å²) in [5.41, 5.74) is 0.0528. The van der Waals surface area contributed by atoms with Gasteiger partial charge in [-0.25, -0.2) is 0 Å².